The summed E-state index contributed by atoms with van der Waals surface area (Å²) in [6, 6.07) is 6.88. The molecule has 1 N–H and O–H groups in total. The number of hydrogen-bond acceptors (Lipinski definition) is 2. The zero-order valence-corrected chi connectivity index (χ0v) is 12.1. The first kappa shape index (κ1) is 12.9. The third kappa shape index (κ3) is 3.23. The molecule has 0 bridgehead atoms. The van der Waals surface area contributed by atoms with Crippen LogP contribution in [-0.2, 0) is 6.61 Å². The summed E-state index contributed by atoms with van der Waals surface area (Å²) in [6.45, 7) is 5.66. The molecule has 0 saturated heterocycles. The summed E-state index contributed by atoms with van der Waals surface area (Å²) < 4.78 is 1.03. The van der Waals surface area contributed by atoms with Crippen molar-refractivity contribution in [3.05, 3.63) is 28.2 Å². The van der Waals surface area contributed by atoms with Gasteiger partial charge in [0, 0.05) is 28.3 Å². The van der Waals surface area contributed by atoms with Crippen molar-refractivity contribution in [3.8, 4) is 0 Å². The van der Waals surface area contributed by atoms with Crippen LogP contribution in [0, 0.1) is 5.92 Å². The Labute approximate surface area is 112 Å². The maximum Gasteiger partial charge on any atom is 0.0702 e. The molecule has 0 atom stereocenters. The fraction of sp³-hybridized carbons (Fsp3) is 0.571. The van der Waals surface area contributed by atoms with Gasteiger partial charge < -0.3 is 10.0 Å². The molecule has 0 aliphatic heterocycles. The van der Waals surface area contributed by atoms with E-state index in [9.17, 15) is 5.11 Å². The van der Waals surface area contributed by atoms with Gasteiger partial charge in [0.25, 0.3) is 0 Å². The van der Waals surface area contributed by atoms with Gasteiger partial charge in [0.2, 0.25) is 0 Å². The van der Waals surface area contributed by atoms with Crippen LogP contribution in [0.15, 0.2) is 22.7 Å². The summed E-state index contributed by atoms with van der Waals surface area (Å²) in [5, 5.41) is 9.48. The van der Waals surface area contributed by atoms with E-state index in [4.69, 9.17) is 0 Å². The van der Waals surface area contributed by atoms with Crippen molar-refractivity contribution < 1.29 is 5.11 Å². The molecule has 94 valence electrons. The number of rotatable bonds is 5. The van der Waals surface area contributed by atoms with Gasteiger partial charge in [0.1, 0.15) is 0 Å². The van der Waals surface area contributed by atoms with Crippen LogP contribution in [-0.4, -0.2) is 17.7 Å². The minimum absolute atomic E-state index is 0.107. The summed E-state index contributed by atoms with van der Waals surface area (Å²) >= 11 is 3.46. The molecule has 1 aliphatic carbocycles. The van der Waals surface area contributed by atoms with Crippen LogP contribution in [0.1, 0.15) is 32.3 Å². The number of aliphatic hydroxyl groups is 1. The molecule has 17 heavy (non-hydrogen) atoms. The Bertz CT molecular complexity index is 388. The Hall–Kier alpha value is -0.540. The molecule has 0 radical (unpaired) electrons. The van der Waals surface area contributed by atoms with Crippen LogP contribution in [0.3, 0.4) is 0 Å². The molecule has 1 aromatic rings. The Morgan fingerprint density at radius 2 is 2.12 bits per heavy atom. The van der Waals surface area contributed by atoms with Gasteiger partial charge in [-0.1, -0.05) is 29.8 Å². The van der Waals surface area contributed by atoms with E-state index < -0.39 is 0 Å². The molecule has 0 spiro atoms. The normalized spacial score (nSPS) is 15.4. The van der Waals surface area contributed by atoms with Gasteiger partial charge in [-0.15, -0.1) is 0 Å². The maximum atomic E-state index is 9.48. The monoisotopic (exact) mass is 297 g/mol. The molecule has 0 aromatic heterocycles. The van der Waals surface area contributed by atoms with Crippen LogP contribution in [0.5, 0.6) is 0 Å². The van der Waals surface area contributed by atoms with Gasteiger partial charge in [0.15, 0.2) is 0 Å². The lowest BCUT2D eigenvalue weighted by molar-refractivity contribution is 0.282. The zero-order chi connectivity index (χ0) is 12.4. The van der Waals surface area contributed by atoms with Gasteiger partial charge in [-0.25, -0.2) is 0 Å². The lowest BCUT2D eigenvalue weighted by Gasteiger charge is -2.28. The summed E-state index contributed by atoms with van der Waals surface area (Å²) in [5.74, 6) is 0.644. The van der Waals surface area contributed by atoms with Crippen LogP contribution < -0.4 is 4.90 Å². The molecule has 1 fully saturated rings. The standard InChI is InChI=1S/C14H20BrNO/c1-10(2)8-16(13-4-5-13)14-6-3-12(15)7-11(14)9-17/h3,6-7,10,13,17H,4-5,8-9H2,1-2H3. The molecule has 1 aromatic carbocycles. The molecule has 3 heteroatoms. The molecule has 2 nitrogen and oxygen atoms in total. The molecule has 1 saturated carbocycles. The van der Waals surface area contributed by atoms with Gasteiger partial charge in [0.05, 0.1) is 6.61 Å². The average Bonchev–Trinajstić information content (AvgIpc) is 3.09. The van der Waals surface area contributed by atoms with E-state index in [0.29, 0.717) is 12.0 Å². The fourth-order valence-corrected chi connectivity index (χ4v) is 2.59. The smallest absolute Gasteiger partial charge is 0.0702 e. The zero-order valence-electron chi connectivity index (χ0n) is 10.5. The van der Waals surface area contributed by atoms with Gasteiger partial charge >= 0.3 is 0 Å². The summed E-state index contributed by atoms with van der Waals surface area (Å²) in [5.41, 5.74) is 2.22. The van der Waals surface area contributed by atoms with Crippen molar-refractivity contribution in [2.24, 2.45) is 5.92 Å². The maximum absolute atomic E-state index is 9.48. The quantitative estimate of drug-likeness (QED) is 0.898. The molecule has 0 unspecified atom stereocenters. The van der Waals surface area contributed by atoms with Crippen molar-refractivity contribution in [1.82, 2.24) is 0 Å². The minimum Gasteiger partial charge on any atom is -0.392 e. The van der Waals surface area contributed by atoms with Gasteiger partial charge in [-0.05, 0) is 37.0 Å². The molecule has 0 amide bonds. The highest BCUT2D eigenvalue weighted by molar-refractivity contribution is 9.10. The van der Waals surface area contributed by atoms with E-state index in [1.54, 1.807) is 0 Å². The number of halogens is 1. The summed E-state index contributed by atoms with van der Waals surface area (Å²) in [7, 11) is 0. The predicted octanol–water partition coefficient (Wildman–Crippen LogP) is 3.57. The lowest BCUT2D eigenvalue weighted by Crippen LogP contribution is -2.30. The van der Waals surface area contributed by atoms with Crippen molar-refractivity contribution in [2.75, 3.05) is 11.4 Å². The second-order valence-electron chi connectivity index (χ2n) is 5.21. The lowest BCUT2D eigenvalue weighted by atomic mass is 10.1. The molecular weight excluding hydrogens is 278 g/mol. The van der Waals surface area contributed by atoms with Crippen LogP contribution >= 0.6 is 15.9 Å². The average molecular weight is 298 g/mol. The Morgan fingerprint density at radius 1 is 1.41 bits per heavy atom. The highest BCUT2D eigenvalue weighted by atomic mass is 79.9. The topological polar surface area (TPSA) is 23.5 Å². The largest absolute Gasteiger partial charge is 0.392 e. The van der Waals surface area contributed by atoms with Crippen LogP contribution in [0.25, 0.3) is 0 Å². The third-order valence-electron chi connectivity index (χ3n) is 3.07. The van der Waals surface area contributed by atoms with E-state index >= 15 is 0 Å². The van der Waals surface area contributed by atoms with Crippen LogP contribution in [0.2, 0.25) is 0 Å². The highest BCUT2D eigenvalue weighted by Gasteiger charge is 2.30. The van der Waals surface area contributed by atoms with Gasteiger partial charge in [-0.2, -0.15) is 0 Å². The minimum atomic E-state index is 0.107. The van der Waals surface area contributed by atoms with Crippen molar-refractivity contribution in [2.45, 2.75) is 39.3 Å². The molecule has 0 heterocycles. The number of aliphatic hydroxyl groups excluding tert-OH is 1. The summed E-state index contributed by atoms with van der Waals surface area (Å²) in [4.78, 5) is 2.46. The Kier molecular flexibility index (Phi) is 4.10. The van der Waals surface area contributed by atoms with Crippen molar-refractivity contribution in [1.29, 1.82) is 0 Å². The molecule has 1 aliphatic rings. The fourth-order valence-electron chi connectivity index (χ4n) is 2.18. The van der Waals surface area contributed by atoms with E-state index in [2.05, 4.69) is 46.8 Å². The number of anilines is 1. The Morgan fingerprint density at radius 3 is 2.65 bits per heavy atom. The second-order valence-corrected chi connectivity index (χ2v) is 6.12. The summed E-state index contributed by atoms with van der Waals surface area (Å²) in [6.07, 6.45) is 2.57. The van der Waals surface area contributed by atoms with Crippen molar-refractivity contribution in [3.63, 3.8) is 0 Å². The number of nitrogens with zero attached hydrogens (tertiary/aromatic N) is 1. The van der Waals surface area contributed by atoms with Gasteiger partial charge in [-0.3, -0.25) is 0 Å². The van der Waals surface area contributed by atoms with E-state index in [0.717, 1.165) is 16.6 Å². The third-order valence-corrected chi connectivity index (χ3v) is 3.56. The molecular formula is C14H20BrNO. The first-order valence-electron chi connectivity index (χ1n) is 6.27. The SMILES string of the molecule is CC(C)CN(c1ccc(Br)cc1CO)C1CC1. The Balaban J connectivity index is 2.28. The first-order chi connectivity index (χ1) is 8.11. The van der Waals surface area contributed by atoms with Crippen molar-refractivity contribution >= 4 is 21.6 Å². The number of hydrogen-bond donors (Lipinski definition) is 1. The number of benzene rings is 1. The molecule has 2 rings (SSSR count). The first-order valence-corrected chi connectivity index (χ1v) is 7.07. The van der Waals surface area contributed by atoms with E-state index in [1.807, 2.05) is 6.07 Å². The second kappa shape index (κ2) is 5.40. The van der Waals surface area contributed by atoms with E-state index in [1.165, 1.54) is 18.5 Å². The van der Waals surface area contributed by atoms with E-state index in [-0.39, 0.29) is 6.61 Å². The van der Waals surface area contributed by atoms with Crippen LogP contribution in [0.4, 0.5) is 5.69 Å². The predicted molar refractivity (Wildman–Crippen MR) is 75.3 cm³/mol. The highest BCUT2D eigenvalue weighted by Crippen LogP contribution is 2.35.